The second-order valence-corrected chi connectivity index (χ2v) is 16.5. The van der Waals surface area contributed by atoms with Gasteiger partial charge in [0.1, 0.15) is 0 Å². The molecule has 0 unspecified atom stereocenters. The van der Waals surface area contributed by atoms with Crippen molar-refractivity contribution in [1.82, 2.24) is 9.13 Å². The molecular formula is C55H36N2. The van der Waals surface area contributed by atoms with E-state index in [9.17, 15) is 0 Å². The molecule has 1 aliphatic rings. The SMILES string of the molecule is CC1(C)c2ccccc2-c2cc3c4cc5c6ccccc6c6ccccc6c5cc4n(-c4ccc5c(c4)c4ccccc4n5-c4ccc5ccccc5c4)c3cc21. The van der Waals surface area contributed by atoms with Crippen molar-refractivity contribution in [2.24, 2.45) is 0 Å². The van der Waals surface area contributed by atoms with Gasteiger partial charge in [-0.05, 0) is 126 Å². The summed E-state index contributed by atoms with van der Waals surface area (Å²) in [5.74, 6) is 0. The van der Waals surface area contributed by atoms with Gasteiger partial charge in [-0.15, -0.1) is 0 Å². The van der Waals surface area contributed by atoms with Crippen LogP contribution in [0.1, 0.15) is 25.0 Å². The third-order valence-electron chi connectivity index (χ3n) is 13.2. The normalized spacial score (nSPS) is 13.6. The maximum atomic E-state index is 2.55. The van der Waals surface area contributed by atoms with Crippen molar-refractivity contribution in [3.63, 3.8) is 0 Å². The Hall–Kier alpha value is -7.16. The van der Waals surface area contributed by atoms with Gasteiger partial charge in [0, 0.05) is 38.3 Å². The first-order valence-corrected chi connectivity index (χ1v) is 20.0. The van der Waals surface area contributed by atoms with E-state index in [1.807, 2.05) is 0 Å². The molecule has 1 aliphatic carbocycles. The summed E-state index contributed by atoms with van der Waals surface area (Å²) in [4.78, 5) is 0. The molecule has 0 N–H and O–H groups in total. The van der Waals surface area contributed by atoms with Gasteiger partial charge in [-0.25, -0.2) is 0 Å². The minimum absolute atomic E-state index is 0.115. The van der Waals surface area contributed by atoms with Gasteiger partial charge in [-0.2, -0.15) is 0 Å². The molecule has 57 heavy (non-hydrogen) atoms. The maximum absolute atomic E-state index is 2.55. The van der Waals surface area contributed by atoms with Crippen LogP contribution in [0.5, 0.6) is 0 Å². The molecule has 266 valence electrons. The van der Waals surface area contributed by atoms with Crippen molar-refractivity contribution >= 4 is 86.7 Å². The van der Waals surface area contributed by atoms with E-state index in [2.05, 4.69) is 205 Å². The van der Waals surface area contributed by atoms with Crippen LogP contribution in [0.15, 0.2) is 182 Å². The molecule has 2 aromatic heterocycles. The fourth-order valence-electron chi connectivity index (χ4n) is 10.6. The molecule has 0 saturated heterocycles. The van der Waals surface area contributed by atoms with Crippen LogP contribution in [0.3, 0.4) is 0 Å². The molecule has 2 heterocycles. The number of aromatic nitrogens is 2. The highest BCUT2D eigenvalue weighted by Gasteiger charge is 2.36. The highest BCUT2D eigenvalue weighted by Crippen LogP contribution is 2.52. The van der Waals surface area contributed by atoms with Gasteiger partial charge in [0.2, 0.25) is 0 Å². The van der Waals surface area contributed by atoms with E-state index >= 15 is 0 Å². The molecule has 13 rings (SSSR count). The number of nitrogens with zero attached hydrogens (tertiary/aromatic N) is 2. The van der Waals surface area contributed by atoms with E-state index in [4.69, 9.17) is 0 Å². The lowest BCUT2D eigenvalue weighted by atomic mass is 9.82. The Bertz CT molecular complexity index is 3720. The van der Waals surface area contributed by atoms with Crippen LogP contribution in [0, 0.1) is 0 Å². The minimum Gasteiger partial charge on any atom is -0.309 e. The van der Waals surface area contributed by atoms with Gasteiger partial charge in [-0.1, -0.05) is 135 Å². The Morgan fingerprint density at radius 1 is 0.298 bits per heavy atom. The summed E-state index contributed by atoms with van der Waals surface area (Å²) in [6.07, 6.45) is 0. The summed E-state index contributed by atoms with van der Waals surface area (Å²) in [7, 11) is 0. The van der Waals surface area contributed by atoms with Crippen LogP contribution in [0.2, 0.25) is 0 Å². The summed E-state index contributed by atoms with van der Waals surface area (Å²) in [5.41, 5.74) is 12.6. The summed E-state index contributed by atoms with van der Waals surface area (Å²) in [6.45, 7) is 4.77. The quantitative estimate of drug-likeness (QED) is 0.157. The van der Waals surface area contributed by atoms with Gasteiger partial charge in [0.05, 0.1) is 22.1 Å². The lowest BCUT2D eigenvalue weighted by Gasteiger charge is -2.21. The van der Waals surface area contributed by atoms with Gasteiger partial charge in [0.15, 0.2) is 0 Å². The Kier molecular flexibility index (Phi) is 6.00. The predicted molar refractivity (Wildman–Crippen MR) is 243 cm³/mol. The summed E-state index contributed by atoms with van der Waals surface area (Å²) >= 11 is 0. The van der Waals surface area contributed by atoms with Crippen LogP contribution >= 0.6 is 0 Å². The Morgan fingerprint density at radius 3 is 1.61 bits per heavy atom. The molecule has 0 spiro atoms. The molecule has 2 nitrogen and oxygen atoms in total. The number of hydrogen-bond donors (Lipinski definition) is 0. The zero-order valence-electron chi connectivity index (χ0n) is 31.7. The lowest BCUT2D eigenvalue weighted by Crippen LogP contribution is -2.14. The fraction of sp³-hybridized carbons (Fsp3) is 0.0545. The molecule has 0 amide bonds. The molecule has 0 radical (unpaired) electrons. The minimum atomic E-state index is -0.115. The van der Waals surface area contributed by atoms with Crippen LogP contribution in [0.4, 0.5) is 0 Å². The van der Waals surface area contributed by atoms with E-state index in [0.29, 0.717) is 0 Å². The zero-order chi connectivity index (χ0) is 37.6. The first kappa shape index (κ1) is 31.1. The van der Waals surface area contributed by atoms with Gasteiger partial charge in [-0.3, -0.25) is 0 Å². The molecule has 10 aromatic carbocycles. The van der Waals surface area contributed by atoms with Gasteiger partial charge < -0.3 is 9.13 Å². The third-order valence-corrected chi connectivity index (χ3v) is 13.2. The van der Waals surface area contributed by atoms with Crippen molar-refractivity contribution in [2.45, 2.75) is 19.3 Å². The van der Waals surface area contributed by atoms with E-state index in [1.165, 1.54) is 120 Å². The number of rotatable bonds is 2. The number of para-hydroxylation sites is 1. The first-order valence-electron chi connectivity index (χ1n) is 20.0. The van der Waals surface area contributed by atoms with Crippen molar-refractivity contribution in [3.05, 3.63) is 193 Å². The van der Waals surface area contributed by atoms with E-state index in [0.717, 1.165) is 0 Å². The van der Waals surface area contributed by atoms with E-state index < -0.39 is 0 Å². The Labute approximate surface area is 329 Å². The van der Waals surface area contributed by atoms with E-state index in [1.54, 1.807) is 0 Å². The van der Waals surface area contributed by atoms with E-state index in [-0.39, 0.29) is 5.41 Å². The Morgan fingerprint density at radius 2 is 0.825 bits per heavy atom. The molecule has 2 heteroatoms. The Balaban J connectivity index is 1.16. The number of benzene rings is 10. The molecule has 0 bridgehead atoms. The second-order valence-electron chi connectivity index (χ2n) is 16.5. The summed E-state index contributed by atoms with van der Waals surface area (Å²) in [6, 6.07) is 68.2. The third kappa shape index (κ3) is 4.09. The van der Waals surface area contributed by atoms with Gasteiger partial charge >= 0.3 is 0 Å². The number of hydrogen-bond acceptors (Lipinski definition) is 0. The van der Waals surface area contributed by atoms with Crippen LogP contribution in [-0.2, 0) is 5.41 Å². The average molecular weight is 725 g/mol. The van der Waals surface area contributed by atoms with Crippen molar-refractivity contribution in [1.29, 1.82) is 0 Å². The lowest BCUT2D eigenvalue weighted by molar-refractivity contribution is 0.661. The molecule has 0 atom stereocenters. The first-order chi connectivity index (χ1) is 28.0. The molecule has 12 aromatic rings. The summed E-state index contributed by atoms with van der Waals surface area (Å²) in [5, 5.41) is 15.3. The van der Waals surface area contributed by atoms with Crippen molar-refractivity contribution < 1.29 is 0 Å². The standard InChI is InChI=1S/C55H36N2/c1-55(2)49-21-11-9-19-41(49)45-30-48-47-29-43-39-17-7-5-15-37(39)38-16-6-8-18-40(38)44(43)31-53(47)57(54(48)32-50(45)55)36-25-26-52-46(28-36)42-20-10-12-22-51(42)56(52)35-24-23-33-13-3-4-14-34(33)27-35/h3-32H,1-2H3. The van der Waals surface area contributed by atoms with Gasteiger partial charge in [0.25, 0.3) is 0 Å². The molecule has 0 fully saturated rings. The smallest absolute Gasteiger partial charge is 0.0547 e. The molecular weight excluding hydrogens is 689 g/mol. The van der Waals surface area contributed by atoms with Crippen molar-refractivity contribution in [2.75, 3.05) is 0 Å². The zero-order valence-corrected chi connectivity index (χ0v) is 31.7. The average Bonchev–Trinajstić information content (AvgIpc) is 3.84. The monoisotopic (exact) mass is 724 g/mol. The fourth-order valence-corrected chi connectivity index (χ4v) is 10.6. The topological polar surface area (TPSA) is 9.86 Å². The summed E-state index contributed by atoms with van der Waals surface area (Å²) < 4.78 is 4.99. The predicted octanol–water partition coefficient (Wildman–Crippen LogP) is 14.8. The van der Waals surface area contributed by atoms with Crippen LogP contribution < -0.4 is 0 Å². The second kappa shape index (κ2) is 11.0. The molecule has 0 aliphatic heterocycles. The highest BCUT2D eigenvalue weighted by molar-refractivity contribution is 6.29. The van der Waals surface area contributed by atoms with Crippen molar-refractivity contribution in [3.8, 4) is 22.5 Å². The maximum Gasteiger partial charge on any atom is 0.0547 e. The van der Waals surface area contributed by atoms with Crippen LogP contribution in [-0.4, -0.2) is 9.13 Å². The number of fused-ring (bicyclic) bond motifs is 16. The highest BCUT2D eigenvalue weighted by atomic mass is 15.0. The van der Waals surface area contributed by atoms with Crippen LogP contribution in [0.25, 0.3) is 109 Å². The largest absolute Gasteiger partial charge is 0.309 e. The molecule has 0 saturated carbocycles.